The van der Waals surface area contributed by atoms with Gasteiger partial charge in [0.25, 0.3) is 11.7 Å². The topological polar surface area (TPSA) is 124 Å². The number of benzene rings is 1. The number of fused-ring (bicyclic) bond motifs is 1. The number of hydrogen-bond acceptors (Lipinski definition) is 5. The molecular formula is C11H9NO6. The minimum atomic E-state index is -2.00. The number of carbonyl (C=O) groups is 3. The Morgan fingerprint density at radius 1 is 1.22 bits per heavy atom. The fourth-order valence-corrected chi connectivity index (χ4v) is 1.66. The molecule has 7 nitrogen and oxygen atoms in total. The van der Waals surface area contributed by atoms with E-state index in [1.807, 2.05) is 0 Å². The number of carboxylic acid groups (broad SMARTS) is 1. The molecular weight excluding hydrogens is 242 g/mol. The fourth-order valence-electron chi connectivity index (χ4n) is 1.66. The maximum Gasteiger partial charge on any atom is 0.335 e. The summed E-state index contributed by atoms with van der Waals surface area (Å²) >= 11 is 0. The first-order valence-corrected chi connectivity index (χ1v) is 5.00. The third-order valence-corrected chi connectivity index (χ3v) is 2.64. The summed E-state index contributed by atoms with van der Waals surface area (Å²) in [5.41, 5.74) is 0.397. The van der Waals surface area contributed by atoms with Crippen molar-refractivity contribution in [2.75, 3.05) is 5.32 Å². The molecule has 0 spiro atoms. The Bertz CT molecular complexity index is 552. The first-order chi connectivity index (χ1) is 8.41. The van der Waals surface area contributed by atoms with E-state index in [0.717, 1.165) is 0 Å². The first kappa shape index (κ1) is 12.2. The quantitative estimate of drug-likeness (QED) is 0.526. The first-order valence-electron chi connectivity index (χ1n) is 5.00. The van der Waals surface area contributed by atoms with Gasteiger partial charge in [-0.2, -0.15) is 0 Å². The van der Waals surface area contributed by atoms with Crippen molar-refractivity contribution in [1.82, 2.24) is 0 Å². The van der Waals surface area contributed by atoms with Gasteiger partial charge in [-0.3, -0.25) is 9.59 Å². The van der Waals surface area contributed by atoms with Crippen LogP contribution in [0.3, 0.4) is 0 Å². The van der Waals surface area contributed by atoms with E-state index < -0.39 is 29.9 Å². The molecule has 7 heteroatoms. The van der Waals surface area contributed by atoms with Crippen LogP contribution in [0.1, 0.15) is 22.0 Å². The van der Waals surface area contributed by atoms with Crippen molar-refractivity contribution in [3.8, 4) is 0 Å². The molecule has 1 aliphatic heterocycles. The number of ketones is 1. The summed E-state index contributed by atoms with van der Waals surface area (Å²) in [7, 11) is 0. The Labute approximate surface area is 101 Å². The van der Waals surface area contributed by atoms with Gasteiger partial charge in [-0.15, -0.1) is 0 Å². The molecule has 0 bridgehead atoms. The van der Waals surface area contributed by atoms with Crippen molar-refractivity contribution in [3.05, 3.63) is 29.3 Å². The number of carboxylic acids is 1. The highest BCUT2D eigenvalue weighted by molar-refractivity contribution is 6.51. The summed E-state index contributed by atoms with van der Waals surface area (Å²) in [5, 5.41) is 29.7. The minimum absolute atomic E-state index is 0.0495. The second kappa shape index (κ2) is 4.21. The van der Waals surface area contributed by atoms with Crippen LogP contribution < -0.4 is 5.32 Å². The smallest absolute Gasteiger partial charge is 0.335 e. The van der Waals surface area contributed by atoms with Crippen LogP contribution in [0.5, 0.6) is 0 Å². The molecule has 2 unspecified atom stereocenters. The number of aliphatic hydroxyl groups excluding tert-OH is 2. The van der Waals surface area contributed by atoms with Crippen LogP contribution >= 0.6 is 0 Å². The second-order valence-electron chi connectivity index (χ2n) is 3.82. The van der Waals surface area contributed by atoms with Gasteiger partial charge in [0.2, 0.25) is 0 Å². The molecule has 0 fully saturated rings. The lowest BCUT2D eigenvalue weighted by atomic mass is 10.0. The van der Waals surface area contributed by atoms with Crippen LogP contribution in [-0.4, -0.2) is 39.1 Å². The van der Waals surface area contributed by atoms with Crippen LogP contribution in [0.2, 0.25) is 0 Å². The minimum Gasteiger partial charge on any atom is -0.479 e. The zero-order chi connectivity index (χ0) is 13.4. The van der Waals surface area contributed by atoms with Gasteiger partial charge in [-0.05, 0) is 17.7 Å². The van der Waals surface area contributed by atoms with Crippen LogP contribution in [0, 0.1) is 0 Å². The molecule has 1 amide bonds. The summed E-state index contributed by atoms with van der Waals surface area (Å²) in [6.07, 6.45) is -3.67. The zero-order valence-corrected chi connectivity index (χ0v) is 8.95. The molecule has 1 aromatic carbocycles. The summed E-state index contributed by atoms with van der Waals surface area (Å²) in [6.45, 7) is 0. The summed E-state index contributed by atoms with van der Waals surface area (Å²) < 4.78 is 0. The van der Waals surface area contributed by atoms with Gasteiger partial charge in [-0.1, -0.05) is 6.07 Å². The second-order valence-corrected chi connectivity index (χ2v) is 3.82. The Kier molecular flexibility index (Phi) is 2.85. The highest BCUT2D eigenvalue weighted by atomic mass is 16.4. The predicted molar refractivity (Wildman–Crippen MR) is 58.0 cm³/mol. The number of hydrogen-bond donors (Lipinski definition) is 4. The third kappa shape index (κ3) is 1.85. The van der Waals surface area contributed by atoms with E-state index in [2.05, 4.69) is 5.32 Å². The van der Waals surface area contributed by atoms with Gasteiger partial charge in [0.1, 0.15) is 6.10 Å². The van der Waals surface area contributed by atoms with E-state index >= 15 is 0 Å². The van der Waals surface area contributed by atoms with Crippen molar-refractivity contribution in [2.24, 2.45) is 0 Å². The summed E-state index contributed by atoms with van der Waals surface area (Å²) in [5.74, 6) is -3.12. The lowest BCUT2D eigenvalue weighted by molar-refractivity contribution is -0.153. The van der Waals surface area contributed by atoms with E-state index in [-0.39, 0.29) is 11.1 Å². The van der Waals surface area contributed by atoms with Crippen LogP contribution in [0.4, 0.5) is 5.69 Å². The van der Waals surface area contributed by atoms with Crippen molar-refractivity contribution < 1.29 is 29.7 Å². The average Bonchev–Trinajstić information content (AvgIpc) is 2.63. The molecule has 0 saturated heterocycles. The van der Waals surface area contributed by atoms with E-state index in [1.54, 1.807) is 0 Å². The predicted octanol–water partition coefficient (Wildman–Crippen LogP) is -0.700. The number of rotatable bonds is 3. The molecule has 0 aromatic heterocycles. The standard InChI is InChI=1S/C11H9NO6/c13-7(9(15)11(17)18)4-1-2-6-5(3-4)8(14)10(16)12-6/h1-3,7,9,13,15H,(H,17,18)(H,12,14,16). The molecule has 2 rings (SSSR count). The van der Waals surface area contributed by atoms with Gasteiger partial charge in [0, 0.05) is 0 Å². The fraction of sp³-hybridized carbons (Fsp3) is 0.182. The van der Waals surface area contributed by atoms with E-state index in [4.69, 9.17) is 5.11 Å². The third-order valence-electron chi connectivity index (χ3n) is 2.64. The molecule has 1 aromatic rings. The van der Waals surface area contributed by atoms with Crippen LogP contribution in [0.15, 0.2) is 18.2 Å². The van der Waals surface area contributed by atoms with Crippen LogP contribution in [0.25, 0.3) is 0 Å². The van der Waals surface area contributed by atoms with E-state index in [0.29, 0.717) is 5.69 Å². The van der Waals surface area contributed by atoms with E-state index in [1.165, 1.54) is 18.2 Å². The highest BCUT2D eigenvalue weighted by Crippen LogP contribution is 2.27. The van der Waals surface area contributed by atoms with Crippen molar-refractivity contribution in [1.29, 1.82) is 0 Å². The molecule has 94 valence electrons. The monoisotopic (exact) mass is 251 g/mol. The number of nitrogens with one attached hydrogen (secondary N) is 1. The van der Waals surface area contributed by atoms with Gasteiger partial charge in [0.05, 0.1) is 11.3 Å². The summed E-state index contributed by atoms with van der Waals surface area (Å²) in [4.78, 5) is 33.0. The number of aliphatic carboxylic acids is 1. The van der Waals surface area contributed by atoms with Gasteiger partial charge < -0.3 is 20.6 Å². The molecule has 0 saturated carbocycles. The van der Waals surface area contributed by atoms with Crippen LogP contribution in [-0.2, 0) is 9.59 Å². The molecule has 0 aliphatic carbocycles. The Balaban J connectivity index is 2.36. The zero-order valence-electron chi connectivity index (χ0n) is 8.95. The molecule has 1 aliphatic rings. The molecule has 4 N–H and O–H groups in total. The number of carbonyl (C=O) groups excluding carboxylic acids is 2. The van der Waals surface area contributed by atoms with Crippen molar-refractivity contribution in [3.63, 3.8) is 0 Å². The number of anilines is 1. The maximum atomic E-state index is 11.4. The highest BCUT2D eigenvalue weighted by Gasteiger charge is 2.31. The Morgan fingerprint density at radius 3 is 2.50 bits per heavy atom. The normalized spacial score (nSPS) is 17.0. The lowest BCUT2D eigenvalue weighted by Gasteiger charge is -2.14. The SMILES string of the molecule is O=C1Nc2ccc(C(O)C(O)C(=O)O)cc2C1=O. The molecule has 2 atom stereocenters. The van der Waals surface area contributed by atoms with Gasteiger partial charge in [-0.25, -0.2) is 4.79 Å². The van der Waals surface area contributed by atoms with Crippen molar-refractivity contribution >= 4 is 23.3 Å². The molecule has 0 radical (unpaired) electrons. The van der Waals surface area contributed by atoms with E-state index in [9.17, 15) is 24.6 Å². The largest absolute Gasteiger partial charge is 0.479 e. The summed E-state index contributed by atoms with van der Waals surface area (Å²) in [6, 6.07) is 3.88. The Hall–Kier alpha value is -2.25. The molecule has 1 heterocycles. The molecule has 18 heavy (non-hydrogen) atoms. The van der Waals surface area contributed by atoms with Gasteiger partial charge >= 0.3 is 5.97 Å². The number of Topliss-reactive ketones (excluding diaryl/α,β-unsaturated/α-hetero) is 1. The van der Waals surface area contributed by atoms with Gasteiger partial charge in [0.15, 0.2) is 6.10 Å². The Morgan fingerprint density at radius 2 is 1.89 bits per heavy atom. The lowest BCUT2D eigenvalue weighted by Crippen LogP contribution is -2.27. The average molecular weight is 251 g/mol. The number of aliphatic hydroxyl groups is 2. The maximum absolute atomic E-state index is 11.4. The van der Waals surface area contributed by atoms with Crippen molar-refractivity contribution in [2.45, 2.75) is 12.2 Å². The number of amides is 1.